The molecule has 0 spiro atoms. The van der Waals surface area contributed by atoms with E-state index in [1.807, 2.05) is 25.1 Å². The topological polar surface area (TPSA) is 87.7 Å². The number of amides is 3. The largest absolute Gasteiger partial charge is 0.444 e. The fraction of sp³-hybridized carbons (Fsp3) is 0.321. The van der Waals surface area contributed by atoms with Gasteiger partial charge in [0, 0.05) is 17.8 Å². The van der Waals surface area contributed by atoms with Gasteiger partial charge in [-0.25, -0.2) is 4.79 Å². The zero-order valence-corrected chi connectivity index (χ0v) is 20.9. The molecular formula is C28H33N3O4. The van der Waals surface area contributed by atoms with Gasteiger partial charge in [0.05, 0.1) is 0 Å². The summed E-state index contributed by atoms with van der Waals surface area (Å²) in [6.45, 7) is 12.4. The van der Waals surface area contributed by atoms with Crippen molar-refractivity contribution in [2.24, 2.45) is 0 Å². The second kappa shape index (κ2) is 11.9. The lowest BCUT2D eigenvalue weighted by Crippen LogP contribution is -2.51. The molecule has 35 heavy (non-hydrogen) atoms. The van der Waals surface area contributed by atoms with Gasteiger partial charge in [-0.3, -0.25) is 9.59 Å². The van der Waals surface area contributed by atoms with Crippen LogP contribution in [0.3, 0.4) is 0 Å². The van der Waals surface area contributed by atoms with E-state index < -0.39 is 35.6 Å². The predicted molar refractivity (Wildman–Crippen MR) is 138 cm³/mol. The quantitative estimate of drug-likeness (QED) is 0.432. The predicted octanol–water partition coefficient (Wildman–Crippen LogP) is 4.58. The molecule has 3 amide bonds. The summed E-state index contributed by atoms with van der Waals surface area (Å²) >= 11 is 0. The van der Waals surface area contributed by atoms with Crippen LogP contribution < -0.4 is 10.6 Å². The second-order valence-electron chi connectivity index (χ2n) is 9.09. The number of aryl methyl sites for hydroxylation is 1. The molecule has 2 rings (SSSR count). The molecule has 0 aliphatic rings. The molecule has 0 fully saturated rings. The molecule has 0 aliphatic heterocycles. The zero-order valence-electron chi connectivity index (χ0n) is 20.9. The first kappa shape index (κ1) is 27.2. The molecule has 0 aromatic heterocycles. The van der Waals surface area contributed by atoms with Gasteiger partial charge < -0.3 is 20.3 Å². The van der Waals surface area contributed by atoms with Crippen LogP contribution in [0.15, 0.2) is 61.2 Å². The molecule has 7 nitrogen and oxygen atoms in total. The number of benzene rings is 2. The highest BCUT2D eigenvalue weighted by atomic mass is 16.6. The standard InChI is InChI=1S/C28H33N3O4/c1-8-18-31(26(33)20(4)29-27(34)35-28(5,6)7)24(22-16-12-11-15-21(22)9-2)25(32)30-23-17-13-10-14-19(23)3/h2,8,10-17,20,24H,1,18H2,3-7H3,(H,29,34)(H,30,32). The summed E-state index contributed by atoms with van der Waals surface area (Å²) in [5.41, 5.74) is 1.72. The molecule has 2 atom stereocenters. The molecule has 7 heteroatoms. The van der Waals surface area contributed by atoms with Gasteiger partial charge in [0.15, 0.2) is 0 Å². The minimum atomic E-state index is -1.07. The minimum absolute atomic E-state index is 0.0456. The molecule has 0 saturated heterocycles. The maximum absolute atomic E-state index is 13.7. The Morgan fingerprint density at radius 2 is 1.77 bits per heavy atom. The lowest BCUT2D eigenvalue weighted by atomic mass is 9.97. The van der Waals surface area contributed by atoms with Crippen LogP contribution in [0.25, 0.3) is 0 Å². The lowest BCUT2D eigenvalue weighted by Gasteiger charge is -2.33. The van der Waals surface area contributed by atoms with Gasteiger partial charge in [0.25, 0.3) is 5.91 Å². The SMILES string of the molecule is C#Cc1ccccc1C(C(=O)Nc1ccccc1C)N(CC=C)C(=O)C(C)NC(=O)OC(C)(C)C. The number of nitrogens with zero attached hydrogens (tertiary/aromatic N) is 1. The van der Waals surface area contributed by atoms with E-state index in [9.17, 15) is 14.4 Å². The molecule has 184 valence electrons. The number of nitrogens with one attached hydrogen (secondary N) is 2. The average molecular weight is 476 g/mol. The van der Waals surface area contributed by atoms with Gasteiger partial charge in [-0.05, 0) is 57.9 Å². The fourth-order valence-corrected chi connectivity index (χ4v) is 3.49. The third-order valence-electron chi connectivity index (χ3n) is 5.09. The summed E-state index contributed by atoms with van der Waals surface area (Å²) in [6, 6.07) is 12.2. The second-order valence-corrected chi connectivity index (χ2v) is 9.09. The Morgan fingerprint density at radius 1 is 1.14 bits per heavy atom. The van der Waals surface area contributed by atoms with E-state index in [-0.39, 0.29) is 6.54 Å². The van der Waals surface area contributed by atoms with Crippen LogP contribution in [0.1, 0.15) is 50.4 Å². The van der Waals surface area contributed by atoms with E-state index in [2.05, 4.69) is 23.1 Å². The summed E-state index contributed by atoms with van der Waals surface area (Å²) in [6.07, 6.45) is 6.51. The van der Waals surface area contributed by atoms with E-state index in [0.29, 0.717) is 16.8 Å². The van der Waals surface area contributed by atoms with Gasteiger partial charge in [0.1, 0.15) is 17.7 Å². The van der Waals surface area contributed by atoms with Crippen LogP contribution in [0.5, 0.6) is 0 Å². The van der Waals surface area contributed by atoms with Crippen molar-refractivity contribution < 1.29 is 19.1 Å². The van der Waals surface area contributed by atoms with Crippen molar-refractivity contribution in [3.8, 4) is 12.3 Å². The number of carbonyl (C=O) groups excluding carboxylic acids is 3. The third-order valence-corrected chi connectivity index (χ3v) is 5.09. The van der Waals surface area contributed by atoms with Crippen molar-refractivity contribution in [2.45, 2.75) is 52.3 Å². The van der Waals surface area contributed by atoms with Gasteiger partial charge in [-0.2, -0.15) is 0 Å². The van der Waals surface area contributed by atoms with Gasteiger partial charge in [-0.15, -0.1) is 13.0 Å². The monoisotopic (exact) mass is 475 g/mol. The van der Waals surface area contributed by atoms with Crippen LogP contribution in [0.2, 0.25) is 0 Å². The number of para-hydroxylation sites is 1. The van der Waals surface area contributed by atoms with Crippen molar-refractivity contribution in [1.29, 1.82) is 0 Å². The van der Waals surface area contributed by atoms with Crippen molar-refractivity contribution >= 4 is 23.6 Å². The Bertz CT molecular complexity index is 1130. The molecule has 0 saturated carbocycles. The van der Waals surface area contributed by atoms with Crippen molar-refractivity contribution in [3.63, 3.8) is 0 Å². The number of carbonyl (C=O) groups is 3. The fourth-order valence-electron chi connectivity index (χ4n) is 3.49. The number of ether oxygens (including phenoxy) is 1. The van der Waals surface area contributed by atoms with Gasteiger partial charge >= 0.3 is 6.09 Å². The highest BCUT2D eigenvalue weighted by Crippen LogP contribution is 2.27. The van der Waals surface area contributed by atoms with Crippen LogP contribution in [-0.4, -0.2) is 41.0 Å². The molecule has 0 aliphatic carbocycles. The van der Waals surface area contributed by atoms with Crippen molar-refractivity contribution in [1.82, 2.24) is 10.2 Å². The number of rotatable bonds is 8. The summed E-state index contributed by atoms with van der Waals surface area (Å²) in [5.74, 6) is 1.66. The molecule has 2 aromatic carbocycles. The van der Waals surface area contributed by atoms with E-state index in [1.54, 1.807) is 51.1 Å². The molecular weight excluding hydrogens is 442 g/mol. The van der Waals surface area contributed by atoms with E-state index >= 15 is 0 Å². The van der Waals surface area contributed by atoms with E-state index in [4.69, 9.17) is 11.2 Å². The minimum Gasteiger partial charge on any atom is -0.444 e. The Labute approximate surface area is 207 Å². The molecule has 0 radical (unpaired) electrons. The molecule has 2 N–H and O–H groups in total. The zero-order chi connectivity index (χ0) is 26.2. The van der Waals surface area contributed by atoms with Crippen molar-refractivity contribution in [2.75, 3.05) is 11.9 Å². The first-order chi connectivity index (χ1) is 16.5. The molecule has 2 unspecified atom stereocenters. The Kier molecular flexibility index (Phi) is 9.24. The number of hydrogen-bond acceptors (Lipinski definition) is 4. The highest BCUT2D eigenvalue weighted by molar-refractivity contribution is 5.99. The van der Waals surface area contributed by atoms with E-state index in [0.717, 1.165) is 5.56 Å². The number of hydrogen-bond donors (Lipinski definition) is 2. The number of alkyl carbamates (subject to hydrolysis) is 1. The summed E-state index contributed by atoms with van der Waals surface area (Å²) in [4.78, 5) is 40.8. The Balaban J connectivity index is 2.47. The maximum atomic E-state index is 13.7. The third kappa shape index (κ3) is 7.47. The number of terminal acetylenes is 1. The lowest BCUT2D eigenvalue weighted by molar-refractivity contribution is -0.139. The number of anilines is 1. The van der Waals surface area contributed by atoms with Gasteiger partial charge in [-0.1, -0.05) is 48.4 Å². The van der Waals surface area contributed by atoms with Crippen LogP contribution >= 0.6 is 0 Å². The van der Waals surface area contributed by atoms with E-state index in [1.165, 1.54) is 17.9 Å². The normalized spacial score (nSPS) is 12.5. The highest BCUT2D eigenvalue weighted by Gasteiger charge is 2.35. The summed E-state index contributed by atoms with van der Waals surface area (Å²) < 4.78 is 5.27. The van der Waals surface area contributed by atoms with Crippen LogP contribution in [0.4, 0.5) is 10.5 Å². The Hall–Kier alpha value is -4.05. The smallest absolute Gasteiger partial charge is 0.408 e. The summed E-state index contributed by atoms with van der Waals surface area (Å²) in [7, 11) is 0. The van der Waals surface area contributed by atoms with Crippen molar-refractivity contribution in [3.05, 3.63) is 77.9 Å². The van der Waals surface area contributed by atoms with Gasteiger partial charge in [0.2, 0.25) is 5.91 Å². The molecule has 0 bridgehead atoms. The molecule has 0 heterocycles. The summed E-state index contributed by atoms with van der Waals surface area (Å²) in [5, 5.41) is 5.47. The first-order valence-corrected chi connectivity index (χ1v) is 11.3. The Morgan fingerprint density at radius 3 is 2.37 bits per heavy atom. The average Bonchev–Trinajstić information content (AvgIpc) is 2.78. The van der Waals surface area contributed by atoms with Crippen LogP contribution in [-0.2, 0) is 14.3 Å². The molecule has 2 aromatic rings. The van der Waals surface area contributed by atoms with Crippen LogP contribution in [0, 0.1) is 19.3 Å². The maximum Gasteiger partial charge on any atom is 0.408 e. The first-order valence-electron chi connectivity index (χ1n) is 11.3.